The lowest BCUT2D eigenvalue weighted by molar-refractivity contribution is 0.209. The number of H-pyrrole nitrogens is 1. The van der Waals surface area contributed by atoms with Crippen LogP contribution in [-0.4, -0.2) is 39.7 Å². The molecule has 0 aliphatic carbocycles. The van der Waals surface area contributed by atoms with Crippen molar-refractivity contribution >= 4 is 0 Å². The summed E-state index contributed by atoms with van der Waals surface area (Å²) in [6.07, 6.45) is 9.81. The lowest BCUT2D eigenvalue weighted by Crippen LogP contribution is -2.33. The van der Waals surface area contributed by atoms with Crippen LogP contribution in [0.5, 0.6) is 0 Å². The molecule has 0 unspecified atom stereocenters. The van der Waals surface area contributed by atoms with Crippen LogP contribution < -0.4 is 5.32 Å². The number of pyridine rings is 1. The van der Waals surface area contributed by atoms with Gasteiger partial charge in [-0.1, -0.05) is 0 Å². The number of likely N-dealkylation sites (tertiary alicyclic amines) is 1. The minimum atomic E-state index is 0.284. The van der Waals surface area contributed by atoms with Crippen LogP contribution in [0.2, 0.25) is 0 Å². The zero-order chi connectivity index (χ0) is 16.9. The van der Waals surface area contributed by atoms with Crippen molar-refractivity contribution in [2.24, 2.45) is 0 Å². The van der Waals surface area contributed by atoms with Crippen LogP contribution in [0.1, 0.15) is 30.2 Å². The number of nitrogens with one attached hydrogen (secondary N) is 2. The minimum absolute atomic E-state index is 0.284. The predicted molar refractivity (Wildman–Crippen MR) is 95.8 cm³/mol. The topological polar surface area (TPSA) is 70.0 Å². The zero-order valence-corrected chi connectivity index (χ0v) is 14.2. The highest BCUT2D eigenvalue weighted by atomic mass is 16.3. The molecule has 130 valence electrons. The number of aromatic amines is 1. The number of furan rings is 1. The smallest absolute Gasteiger partial charge is 0.122 e. The second kappa shape index (κ2) is 7.63. The number of aromatic nitrogens is 3. The van der Waals surface area contributed by atoms with Crippen molar-refractivity contribution in [1.82, 2.24) is 25.4 Å². The van der Waals surface area contributed by atoms with E-state index < -0.39 is 0 Å². The van der Waals surface area contributed by atoms with Gasteiger partial charge in [-0.2, -0.15) is 5.10 Å². The van der Waals surface area contributed by atoms with Crippen LogP contribution in [0.3, 0.4) is 0 Å². The van der Waals surface area contributed by atoms with Crippen molar-refractivity contribution in [3.63, 3.8) is 0 Å². The fraction of sp³-hybridized carbons (Fsp3) is 0.368. The summed E-state index contributed by atoms with van der Waals surface area (Å²) < 4.78 is 5.68. The highest BCUT2D eigenvalue weighted by molar-refractivity contribution is 5.61. The molecule has 1 atom stereocenters. The molecule has 3 aromatic heterocycles. The average molecular weight is 337 g/mol. The maximum atomic E-state index is 5.68. The summed E-state index contributed by atoms with van der Waals surface area (Å²) in [6, 6.07) is 8.30. The molecule has 1 aliphatic rings. The fourth-order valence-corrected chi connectivity index (χ4v) is 3.49. The fourth-order valence-electron chi connectivity index (χ4n) is 3.49. The van der Waals surface area contributed by atoms with Gasteiger partial charge in [0, 0.05) is 36.6 Å². The SMILES string of the molecule is c1cncc(-c2[nH]ncc2CNC[C@@H](c2ccco2)N2CCCC2)c1. The van der Waals surface area contributed by atoms with Gasteiger partial charge < -0.3 is 9.73 Å². The molecule has 1 fully saturated rings. The summed E-state index contributed by atoms with van der Waals surface area (Å²) in [6.45, 7) is 3.89. The molecule has 0 bridgehead atoms. The van der Waals surface area contributed by atoms with Crippen LogP contribution in [0.15, 0.2) is 53.5 Å². The van der Waals surface area contributed by atoms with E-state index in [2.05, 4.69) is 31.5 Å². The van der Waals surface area contributed by atoms with Gasteiger partial charge in [-0.05, 0) is 50.2 Å². The second-order valence-corrected chi connectivity index (χ2v) is 6.42. The summed E-state index contributed by atoms with van der Waals surface area (Å²) in [4.78, 5) is 6.69. The summed E-state index contributed by atoms with van der Waals surface area (Å²) in [5, 5.41) is 10.9. The molecule has 0 saturated carbocycles. The molecule has 2 N–H and O–H groups in total. The Kier molecular flexibility index (Phi) is 4.90. The first-order chi connectivity index (χ1) is 12.4. The number of hydrogen-bond acceptors (Lipinski definition) is 5. The van der Waals surface area contributed by atoms with Gasteiger partial charge in [0.1, 0.15) is 5.76 Å². The first-order valence-electron chi connectivity index (χ1n) is 8.82. The Balaban J connectivity index is 1.42. The Labute approximate surface area is 147 Å². The third-order valence-corrected chi connectivity index (χ3v) is 4.77. The standard InChI is InChI=1S/C19H23N5O/c1-2-9-24(8-1)17(18-6-4-10-25-18)14-21-12-16-13-22-23-19(16)15-5-3-7-20-11-15/h3-7,10-11,13,17,21H,1-2,8-9,12,14H2,(H,22,23)/t17-/m0/s1. The van der Waals surface area contributed by atoms with Crippen LogP contribution in [0.25, 0.3) is 11.3 Å². The van der Waals surface area contributed by atoms with E-state index in [9.17, 15) is 0 Å². The van der Waals surface area contributed by atoms with Crippen LogP contribution in [0, 0.1) is 0 Å². The van der Waals surface area contributed by atoms with Gasteiger partial charge in [0.2, 0.25) is 0 Å². The number of rotatable bonds is 7. The molecule has 6 heteroatoms. The van der Waals surface area contributed by atoms with E-state index in [0.29, 0.717) is 0 Å². The van der Waals surface area contributed by atoms with E-state index in [-0.39, 0.29) is 6.04 Å². The third-order valence-electron chi connectivity index (χ3n) is 4.77. The molecular formula is C19H23N5O. The van der Waals surface area contributed by atoms with E-state index in [4.69, 9.17) is 4.42 Å². The molecule has 4 heterocycles. The van der Waals surface area contributed by atoms with Gasteiger partial charge >= 0.3 is 0 Å². The Morgan fingerprint density at radius 2 is 2.12 bits per heavy atom. The summed E-state index contributed by atoms with van der Waals surface area (Å²) in [7, 11) is 0. The average Bonchev–Trinajstić information content (AvgIpc) is 3.42. The van der Waals surface area contributed by atoms with Gasteiger partial charge in [-0.15, -0.1) is 0 Å². The Morgan fingerprint density at radius 3 is 2.88 bits per heavy atom. The minimum Gasteiger partial charge on any atom is -0.468 e. The van der Waals surface area contributed by atoms with E-state index >= 15 is 0 Å². The molecule has 4 rings (SSSR count). The number of nitrogens with zero attached hydrogens (tertiary/aromatic N) is 3. The van der Waals surface area contributed by atoms with Crippen LogP contribution in [-0.2, 0) is 6.54 Å². The molecule has 1 saturated heterocycles. The molecule has 0 radical (unpaired) electrons. The highest BCUT2D eigenvalue weighted by Crippen LogP contribution is 2.25. The van der Waals surface area contributed by atoms with E-state index in [0.717, 1.165) is 48.8 Å². The predicted octanol–water partition coefficient (Wildman–Crippen LogP) is 2.99. The van der Waals surface area contributed by atoms with Gasteiger partial charge in [-0.25, -0.2) is 0 Å². The monoisotopic (exact) mass is 337 g/mol. The molecule has 3 aromatic rings. The lowest BCUT2D eigenvalue weighted by atomic mass is 10.1. The van der Waals surface area contributed by atoms with Crippen molar-refractivity contribution in [3.8, 4) is 11.3 Å². The summed E-state index contributed by atoms with van der Waals surface area (Å²) in [5.74, 6) is 1.04. The Hall–Kier alpha value is -2.44. The molecule has 25 heavy (non-hydrogen) atoms. The van der Waals surface area contributed by atoms with E-state index in [1.807, 2.05) is 30.6 Å². The van der Waals surface area contributed by atoms with Crippen LogP contribution >= 0.6 is 0 Å². The van der Waals surface area contributed by atoms with Gasteiger partial charge in [-0.3, -0.25) is 15.0 Å². The maximum absolute atomic E-state index is 5.68. The van der Waals surface area contributed by atoms with Crippen molar-refractivity contribution < 1.29 is 4.42 Å². The third kappa shape index (κ3) is 3.65. The largest absolute Gasteiger partial charge is 0.468 e. The lowest BCUT2D eigenvalue weighted by Gasteiger charge is -2.26. The highest BCUT2D eigenvalue weighted by Gasteiger charge is 2.25. The molecule has 6 nitrogen and oxygen atoms in total. The molecule has 1 aliphatic heterocycles. The quantitative estimate of drug-likeness (QED) is 0.693. The maximum Gasteiger partial charge on any atom is 0.122 e. The van der Waals surface area contributed by atoms with Gasteiger partial charge in [0.25, 0.3) is 0 Å². The van der Waals surface area contributed by atoms with Crippen LogP contribution in [0.4, 0.5) is 0 Å². The molecular weight excluding hydrogens is 314 g/mol. The summed E-state index contributed by atoms with van der Waals surface area (Å²) >= 11 is 0. The van der Waals surface area contributed by atoms with Crippen molar-refractivity contribution in [2.75, 3.05) is 19.6 Å². The van der Waals surface area contributed by atoms with Crippen molar-refractivity contribution in [1.29, 1.82) is 0 Å². The Morgan fingerprint density at radius 1 is 1.20 bits per heavy atom. The number of hydrogen-bond donors (Lipinski definition) is 2. The zero-order valence-electron chi connectivity index (χ0n) is 14.2. The first-order valence-corrected chi connectivity index (χ1v) is 8.82. The normalized spacial score (nSPS) is 16.3. The second-order valence-electron chi connectivity index (χ2n) is 6.42. The molecule has 0 spiro atoms. The summed E-state index contributed by atoms with van der Waals surface area (Å²) in [5.41, 5.74) is 3.22. The molecule has 0 aromatic carbocycles. The first kappa shape index (κ1) is 16.1. The van der Waals surface area contributed by atoms with Gasteiger partial charge in [0.15, 0.2) is 0 Å². The van der Waals surface area contributed by atoms with Crippen molar-refractivity contribution in [2.45, 2.75) is 25.4 Å². The van der Waals surface area contributed by atoms with Gasteiger partial charge in [0.05, 0.1) is 24.2 Å². The van der Waals surface area contributed by atoms with E-state index in [1.54, 1.807) is 12.5 Å². The Bertz CT molecular complexity index is 762. The van der Waals surface area contributed by atoms with E-state index in [1.165, 1.54) is 12.8 Å². The molecule has 0 amide bonds. The van der Waals surface area contributed by atoms with Crippen molar-refractivity contribution in [3.05, 3.63) is 60.4 Å².